The standard InChI is InChI=1S/C22H26N2O2S/c1-25-26-14-16-13-19-22(27-16)20(15-7-3-2-4-8-15)21-17-9-5-6-10-18(17)23-11-12-24(19)21/h5-6,9-10,13,15,23H,2-4,7-8,11-12,14H2,1H3. The lowest BCUT2D eigenvalue weighted by Crippen LogP contribution is -2.08. The molecular formula is C22H26N2O2S. The predicted octanol–water partition coefficient (Wildman–Crippen LogP) is 5.92. The van der Waals surface area contributed by atoms with Crippen molar-refractivity contribution in [1.29, 1.82) is 0 Å². The highest BCUT2D eigenvalue weighted by Crippen LogP contribution is 2.48. The second-order valence-corrected chi connectivity index (χ2v) is 8.71. The number of anilines is 1. The van der Waals surface area contributed by atoms with Crippen LogP contribution in [0.4, 0.5) is 5.69 Å². The van der Waals surface area contributed by atoms with Crippen LogP contribution in [0.3, 0.4) is 0 Å². The molecule has 2 aromatic heterocycles. The third kappa shape index (κ3) is 2.98. The van der Waals surface area contributed by atoms with E-state index in [1.165, 1.54) is 64.1 Å². The average Bonchev–Trinajstić information content (AvgIpc) is 3.18. The molecule has 1 aromatic carbocycles. The molecule has 4 nitrogen and oxygen atoms in total. The van der Waals surface area contributed by atoms with Crippen molar-refractivity contribution in [2.75, 3.05) is 19.0 Å². The topological polar surface area (TPSA) is 35.4 Å². The Balaban J connectivity index is 1.73. The van der Waals surface area contributed by atoms with Gasteiger partial charge in [0.15, 0.2) is 0 Å². The van der Waals surface area contributed by atoms with Crippen molar-refractivity contribution < 1.29 is 9.78 Å². The first-order valence-corrected chi connectivity index (χ1v) is 10.8. The number of thiophene rings is 1. The number of aromatic nitrogens is 1. The largest absolute Gasteiger partial charge is 0.383 e. The summed E-state index contributed by atoms with van der Waals surface area (Å²) in [5.74, 6) is 0.665. The maximum absolute atomic E-state index is 5.22. The second kappa shape index (κ2) is 7.30. The minimum atomic E-state index is 0.518. The number of fused-ring (bicyclic) bond motifs is 5. The normalized spacial score (nSPS) is 17.4. The SMILES string of the molecule is COOCc1cc2c(s1)c(C1CCCCC1)c1n2CCNc2ccccc2-1. The molecular weight excluding hydrogens is 356 g/mol. The Bertz CT molecular complexity index is 953. The van der Waals surface area contributed by atoms with Gasteiger partial charge >= 0.3 is 0 Å². The lowest BCUT2D eigenvalue weighted by molar-refractivity contribution is -0.281. The minimum absolute atomic E-state index is 0.518. The third-order valence-electron chi connectivity index (χ3n) is 5.99. The van der Waals surface area contributed by atoms with Crippen molar-refractivity contribution in [3.63, 3.8) is 0 Å². The molecule has 1 aliphatic heterocycles. The zero-order valence-electron chi connectivity index (χ0n) is 15.8. The molecule has 3 heterocycles. The van der Waals surface area contributed by atoms with E-state index in [1.54, 1.807) is 12.7 Å². The first-order valence-electron chi connectivity index (χ1n) is 10.0. The molecule has 1 fully saturated rings. The van der Waals surface area contributed by atoms with Crippen molar-refractivity contribution in [1.82, 2.24) is 4.57 Å². The molecule has 0 atom stereocenters. The van der Waals surface area contributed by atoms with Crippen molar-refractivity contribution in [3.05, 3.63) is 40.8 Å². The molecule has 0 radical (unpaired) electrons. The molecule has 2 aliphatic rings. The van der Waals surface area contributed by atoms with Crippen molar-refractivity contribution in [2.45, 2.75) is 51.2 Å². The van der Waals surface area contributed by atoms with Crippen LogP contribution in [0.25, 0.3) is 21.5 Å². The van der Waals surface area contributed by atoms with E-state index in [-0.39, 0.29) is 0 Å². The van der Waals surface area contributed by atoms with Gasteiger partial charge in [-0.25, -0.2) is 9.78 Å². The van der Waals surface area contributed by atoms with E-state index in [2.05, 4.69) is 40.2 Å². The fraction of sp³-hybridized carbons (Fsp3) is 0.455. The lowest BCUT2D eigenvalue weighted by atomic mass is 9.83. The van der Waals surface area contributed by atoms with Crippen LogP contribution in [0.5, 0.6) is 0 Å². The van der Waals surface area contributed by atoms with E-state index < -0.39 is 0 Å². The van der Waals surface area contributed by atoms with Crippen LogP contribution >= 0.6 is 11.3 Å². The monoisotopic (exact) mass is 382 g/mol. The van der Waals surface area contributed by atoms with Gasteiger partial charge in [0.25, 0.3) is 0 Å². The van der Waals surface area contributed by atoms with Crippen LogP contribution in [-0.4, -0.2) is 18.2 Å². The first-order chi connectivity index (χ1) is 13.4. The summed E-state index contributed by atoms with van der Waals surface area (Å²) >= 11 is 1.89. The number of hydrogen-bond acceptors (Lipinski definition) is 4. The van der Waals surface area contributed by atoms with Gasteiger partial charge < -0.3 is 9.88 Å². The molecule has 5 rings (SSSR count). The van der Waals surface area contributed by atoms with E-state index in [1.807, 2.05) is 11.3 Å². The Morgan fingerprint density at radius 2 is 2.04 bits per heavy atom. The Hall–Kier alpha value is -1.82. The summed E-state index contributed by atoms with van der Waals surface area (Å²) < 4.78 is 4.01. The van der Waals surface area contributed by atoms with Gasteiger partial charge in [0, 0.05) is 29.2 Å². The Labute approximate surface area is 164 Å². The van der Waals surface area contributed by atoms with Gasteiger partial charge in [-0.3, -0.25) is 0 Å². The Morgan fingerprint density at radius 1 is 1.19 bits per heavy atom. The third-order valence-corrected chi connectivity index (χ3v) is 7.12. The zero-order chi connectivity index (χ0) is 18.2. The Kier molecular flexibility index (Phi) is 4.68. The highest BCUT2D eigenvalue weighted by molar-refractivity contribution is 7.19. The molecule has 0 amide bonds. The first kappa shape index (κ1) is 17.3. The number of hydrogen-bond donors (Lipinski definition) is 1. The summed E-state index contributed by atoms with van der Waals surface area (Å²) in [7, 11) is 1.57. The van der Waals surface area contributed by atoms with Gasteiger partial charge in [-0.2, -0.15) is 0 Å². The molecule has 142 valence electrons. The number of para-hydroxylation sites is 1. The molecule has 1 aliphatic carbocycles. The van der Waals surface area contributed by atoms with Crippen LogP contribution in [0.15, 0.2) is 30.3 Å². The molecule has 1 N–H and O–H groups in total. The van der Waals surface area contributed by atoms with Crippen LogP contribution in [-0.2, 0) is 22.9 Å². The van der Waals surface area contributed by atoms with Gasteiger partial charge in [-0.05, 0) is 36.5 Å². The Morgan fingerprint density at radius 3 is 2.89 bits per heavy atom. The summed E-state index contributed by atoms with van der Waals surface area (Å²) in [6.45, 7) is 2.47. The van der Waals surface area contributed by atoms with Crippen LogP contribution in [0.1, 0.15) is 48.5 Å². The summed E-state index contributed by atoms with van der Waals surface area (Å²) in [5.41, 5.74) is 7.01. The molecule has 3 aromatic rings. The van der Waals surface area contributed by atoms with Crippen LogP contribution in [0, 0.1) is 0 Å². The average molecular weight is 383 g/mol. The number of rotatable bonds is 4. The highest BCUT2D eigenvalue weighted by Gasteiger charge is 2.29. The minimum Gasteiger partial charge on any atom is -0.383 e. The van der Waals surface area contributed by atoms with E-state index in [9.17, 15) is 0 Å². The van der Waals surface area contributed by atoms with E-state index in [0.717, 1.165) is 13.1 Å². The van der Waals surface area contributed by atoms with Crippen molar-refractivity contribution in [2.24, 2.45) is 0 Å². The molecule has 27 heavy (non-hydrogen) atoms. The van der Waals surface area contributed by atoms with Crippen molar-refractivity contribution >= 4 is 27.2 Å². The van der Waals surface area contributed by atoms with Gasteiger partial charge in [-0.15, -0.1) is 11.3 Å². The molecule has 1 saturated carbocycles. The fourth-order valence-corrected chi connectivity index (χ4v) is 6.01. The van der Waals surface area contributed by atoms with Crippen LogP contribution < -0.4 is 5.32 Å². The summed E-state index contributed by atoms with van der Waals surface area (Å²) in [6.07, 6.45) is 6.70. The summed E-state index contributed by atoms with van der Waals surface area (Å²) in [5, 5.41) is 3.63. The number of nitrogens with one attached hydrogen (secondary N) is 1. The molecule has 0 spiro atoms. The maximum atomic E-state index is 5.22. The van der Waals surface area contributed by atoms with Crippen LogP contribution in [0.2, 0.25) is 0 Å². The number of nitrogens with zero attached hydrogens (tertiary/aromatic N) is 1. The van der Waals surface area contributed by atoms with E-state index >= 15 is 0 Å². The maximum Gasteiger partial charge on any atom is 0.116 e. The fourth-order valence-electron chi connectivity index (χ4n) is 4.82. The quantitative estimate of drug-likeness (QED) is 0.449. The molecule has 0 bridgehead atoms. The molecule has 0 unspecified atom stereocenters. The van der Waals surface area contributed by atoms with Gasteiger partial charge in [0.1, 0.15) is 6.61 Å². The smallest absolute Gasteiger partial charge is 0.116 e. The highest BCUT2D eigenvalue weighted by atomic mass is 32.1. The summed E-state index contributed by atoms with van der Waals surface area (Å²) in [4.78, 5) is 11.3. The molecule has 0 saturated heterocycles. The van der Waals surface area contributed by atoms with E-state index in [0.29, 0.717) is 12.5 Å². The number of benzene rings is 1. The van der Waals surface area contributed by atoms with Gasteiger partial charge in [-0.1, -0.05) is 37.5 Å². The second-order valence-electron chi connectivity index (χ2n) is 7.58. The molecule has 5 heteroatoms. The zero-order valence-corrected chi connectivity index (χ0v) is 16.6. The van der Waals surface area contributed by atoms with Gasteiger partial charge in [0.05, 0.1) is 23.0 Å². The lowest BCUT2D eigenvalue weighted by Gasteiger charge is -2.23. The summed E-state index contributed by atoms with van der Waals surface area (Å²) in [6, 6.07) is 11.1. The van der Waals surface area contributed by atoms with E-state index in [4.69, 9.17) is 9.78 Å². The van der Waals surface area contributed by atoms with Gasteiger partial charge in [0.2, 0.25) is 0 Å². The predicted molar refractivity (Wildman–Crippen MR) is 111 cm³/mol. The van der Waals surface area contributed by atoms with Crippen molar-refractivity contribution in [3.8, 4) is 11.3 Å².